The van der Waals surface area contributed by atoms with Gasteiger partial charge in [0.25, 0.3) is 0 Å². The quantitative estimate of drug-likeness (QED) is 0.302. The van der Waals surface area contributed by atoms with E-state index >= 15 is 0 Å². The minimum Gasteiger partial charge on any atom is -0.486 e. The van der Waals surface area contributed by atoms with Gasteiger partial charge in [0.05, 0.1) is 11.5 Å². The van der Waals surface area contributed by atoms with Crippen molar-refractivity contribution in [2.75, 3.05) is 62.6 Å². The zero-order valence-corrected chi connectivity index (χ0v) is 23.0. The Kier molecular flexibility index (Phi) is 11.2. The van der Waals surface area contributed by atoms with Crippen molar-refractivity contribution in [2.24, 2.45) is 5.92 Å². The van der Waals surface area contributed by atoms with Crippen LogP contribution < -0.4 is 15.0 Å². The van der Waals surface area contributed by atoms with Gasteiger partial charge in [-0.05, 0) is 49.1 Å². The Morgan fingerprint density at radius 2 is 1.74 bits per heavy atom. The average molecular weight is 560 g/mol. The molecule has 2 aliphatic heterocycles. The zero-order valence-electron chi connectivity index (χ0n) is 22.3. The summed E-state index contributed by atoms with van der Waals surface area (Å²) in [5.41, 5.74) is 1.97. The topological polar surface area (TPSA) is 91.2 Å². The summed E-state index contributed by atoms with van der Waals surface area (Å²) in [5.74, 6) is 0.769. The monoisotopic (exact) mass is 559 g/mol. The molecule has 1 N–H and O–H groups in total. The first kappa shape index (κ1) is 30.5. The van der Waals surface area contributed by atoms with Crippen LogP contribution in [0.25, 0.3) is 0 Å². The van der Waals surface area contributed by atoms with E-state index < -0.39 is 4.92 Å². The summed E-state index contributed by atoms with van der Waals surface area (Å²) >= 11 is 6.00. The van der Waals surface area contributed by atoms with Gasteiger partial charge in [0.2, 0.25) is 5.91 Å². The minimum atomic E-state index is -0.414. The lowest BCUT2D eigenvalue weighted by atomic mass is 10.0. The van der Waals surface area contributed by atoms with Crippen molar-refractivity contribution in [2.45, 2.75) is 46.6 Å². The van der Waals surface area contributed by atoms with Crippen LogP contribution in [0.3, 0.4) is 0 Å². The van der Waals surface area contributed by atoms with E-state index in [0.29, 0.717) is 26.1 Å². The van der Waals surface area contributed by atoms with Gasteiger partial charge in [-0.25, -0.2) is 0 Å². The number of nitrogens with one attached hydrogen (secondary N) is 1. The van der Waals surface area contributed by atoms with Crippen molar-refractivity contribution in [1.29, 1.82) is 0 Å². The first-order chi connectivity index (χ1) is 18.3. The molecule has 39 heavy (non-hydrogen) atoms. The van der Waals surface area contributed by atoms with Crippen LogP contribution >= 0.6 is 11.6 Å². The average Bonchev–Trinajstić information content (AvgIpc) is 2.91. The Morgan fingerprint density at radius 1 is 1.08 bits per heavy atom. The van der Waals surface area contributed by atoms with Gasteiger partial charge in [0.15, 0.2) is 5.75 Å². The molecule has 0 atom stereocenters. The van der Waals surface area contributed by atoms with Gasteiger partial charge in [-0.3, -0.25) is 19.8 Å². The van der Waals surface area contributed by atoms with Gasteiger partial charge in [-0.2, -0.15) is 0 Å². The lowest BCUT2D eigenvalue weighted by Crippen LogP contribution is -2.48. The number of likely N-dealkylation sites (tertiary alicyclic amines) is 1. The summed E-state index contributed by atoms with van der Waals surface area (Å²) in [6.45, 7) is 10.4. The molecule has 2 aromatic rings. The summed E-state index contributed by atoms with van der Waals surface area (Å²) < 4.78 is 5.70. The molecule has 2 heterocycles. The van der Waals surface area contributed by atoms with E-state index in [1.165, 1.54) is 11.8 Å². The fourth-order valence-electron chi connectivity index (χ4n) is 4.93. The third kappa shape index (κ3) is 8.73. The fraction of sp³-hybridized carbons (Fsp3) is 0.552. The van der Waals surface area contributed by atoms with E-state index in [0.717, 1.165) is 56.3 Å². The maximum Gasteiger partial charge on any atom is 0.311 e. The molecule has 214 valence electrons. The molecule has 2 fully saturated rings. The third-order valence-electron chi connectivity index (χ3n) is 7.15. The van der Waals surface area contributed by atoms with Crippen LogP contribution in [0.4, 0.5) is 17.1 Å². The molecular weight excluding hydrogens is 518 g/mol. The first-order valence-corrected chi connectivity index (χ1v) is 13.8. The molecule has 2 saturated heterocycles. The molecule has 0 aromatic heterocycles. The minimum absolute atomic E-state index is 0. The number of nitro benzene ring substituents is 1. The first-order valence-electron chi connectivity index (χ1n) is 13.5. The Labute approximate surface area is 237 Å². The second kappa shape index (κ2) is 14.4. The van der Waals surface area contributed by atoms with Crippen molar-refractivity contribution in [3.05, 3.63) is 57.6 Å². The molecule has 0 saturated carbocycles. The molecule has 0 aliphatic carbocycles. The van der Waals surface area contributed by atoms with Crippen molar-refractivity contribution in [1.82, 2.24) is 9.80 Å². The molecule has 2 aliphatic rings. The van der Waals surface area contributed by atoms with Gasteiger partial charge in [-0.1, -0.05) is 32.9 Å². The predicted molar refractivity (Wildman–Crippen MR) is 158 cm³/mol. The van der Waals surface area contributed by atoms with Crippen molar-refractivity contribution in [3.8, 4) is 5.75 Å². The lowest BCUT2D eigenvalue weighted by molar-refractivity contribution is -0.385. The van der Waals surface area contributed by atoms with Crippen LogP contribution in [-0.4, -0.2) is 79.1 Å². The van der Waals surface area contributed by atoms with Crippen LogP contribution in [0.1, 0.15) is 40.5 Å². The largest absolute Gasteiger partial charge is 0.486 e. The van der Waals surface area contributed by atoms with Crippen LogP contribution in [0.2, 0.25) is 5.02 Å². The Morgan fingerprint density at radius 3 is 2.36 bits per heavy atom. The van der Waals surface area contributed by atoms with E-state index in [-0.39, 0.29) is 36.7 Å². The highest BCUT2D eigenvalue weighted by molar-refractivity contribution is 6.30. The second-order valence-electron chi connectivity index (χ2n) is 10.5. The maximum atomic E-state index is 12.9. The highest BCUT2D eigenvalue weighted by Gasteiger charge is 2.25. The summed E-state index contributed by atoms with van der Waals surface area (Å²) in [7, 11) is 0. The number of ether oxygens (including phenoxy) is 1. The van der Waals surface area contributed by atoms with Crippen molar-refractivity contribution < 1.29 is 14.5 Å². The Balaban J connectivity index is 0.00000420. The van der Waals surface area contributed by atoms with Gasteiger partial charge >= 0.3 is 5.69 Å². The second-order valence-corrected chi connectivity index (χ2v) is 10.9. The highest BCUT2D eigenvalue weighted by Crippen LogP contribution is 2.31. The van der Waals surface area contributed by atoms with E-state index in [9.17, 15) is 14.9 Å². The van der Waals surface area contributed by atoms with E-state index in [1.807, 2.05) is 30.9 Å². The fourth-order valence-corrected chi connectivity index (χ4v) is 5.06. The van der Waals surface area contributed by atoms with Crippen molar-refractivity contribution in [3.63, 3.8) is 0 Å². The van der Waals surface area contributed by atoms with Crippen LogP contribution in [0, 0.1) is 16.0 Å². The smallest absolute Gasteiger partial charge is 0.311 e. The Hall–Kier alpha value is -3.04. The number of hydrogen-bond donors (Lipinski definition) is 1. The number of rotatable bonds is 10. The number of piperazine rings is 1. The number of nitro groups is 1. The van der Waals surface area contributed by atoms with Gasteiger partial charge in [-0.15, -0.1) is 0 Å². The zero-order chi connectivity index (χ0) is 27.1. The van der Waals surface area contributed by atoms with E-state index in [2.05, 4.69) is 27.2 Å². The standard InChI is InChI=1S/C28H38ClN5O4.CH4/c1-21(2)20-38-27-19-24(5-8-26(27)34(36)37)30-23-9-13-33(14-10-23)28(35)11-12-31-15-17-32(18-16-31)25-6-3-22(29)4-7-25;/h3-8,19,21,23,30H,9-18,20H2,1-2H3;1H4. The van der Waals surface area contributed by atoms with Crippen molar-refractivity contribution >= 4 is 34.6 Å². The number of halogens is 1. The molecule has 4 rings (SSSR count). The number of amides is 1. The molecule has 0 bridgehead atoms. The third-order valence-corrected chi connectivity index (χ3v) is 7.41. The number of piperidine rings is 1. The number of carbonyl (C=O) groups is 1. The molecule has 0 spiro atoms. The molecule has 0 unspecified atom stereocenters. The van der Waals surface area contributed by atoms with E-state index in [1.54, 1.807) is 12.1 Å². The van der Waals surface area contributed by atoms with Crippen LogP contribution in [0.15, 0.2) is 42.5 Å². The molecule has 0 radical (unpaired) electrons. The maximum absolute atomic E-state index is 12.9. The van der Waals surface area contributed by atoms with Crippen LogP contribution in [0.5, 0.6) is 5.75 Å². The Bertz CT molecular complexity index is 1080. The lowest BCUT2D eigenvalue weighted by Gasteiger charge is -2.37. The number of nitrogens with zero attached hydrogens (tertiary/aromatic N) is 4. The number of benzene rings is 2. The normalized spacial score (nSPS) is 16.6. The number of hydrogen-bond acceptors (Lipinski definition) is 7. The summed E-state index contributed by atoms with van der Waals surface area (Å²) in [5, 5.41) is 15.6. The molecule has 1 amide bonds. The van der Waals surface area contributed by atoms with Crippen LogP contribution in [-0.2, 0) is 4.79 Å². The predicted octanol–water partition coefficient (Wildman–Crippen LogP) is 5.53. The van der Waals surface area contributed by atoms with Gasteiger partial charge in [0.1, 0.15) is 0 Å². The summed E-state index contributed by atoms with van der Waals surface area (Å²) in [6.07, 6.45) is 2.22. The number of anilines is 2. The van der Waals surface area contributed by atoms with Gasteiger partial charge < -0.3 is 19.9 Å². The van der Waals surface area contributed by atoms with Gasteiger partial charge in [0, 0.05) is 86.8 Å². The highest BCUT2D eigenvalue weighted by atomic mass is 35.5. The summed E-state index contributed by atoms with van der Waals surface area (Å²) in [6, 6.07) is 13.1. The molecule has 2 aromatic carbocycles. The molecule has 10 heteroatoms. The molecule has 9 nitrogen and oxygen atoms in total. The summed E-state index contributed by atoms with van der Waals surface area (Å²) in [4.78, 5) is 30.5. The number of carbonyl (C=O) groups excluding carboxylic acids is 1. The SMILES string of the molecule is C.CC(C)COc1cc(NC2CCN(C(=O)CCN3CCN(c4ccc(Cl)cc4)CC3)CC2)ccc1[N+](=O)[O-]. The van der Waals surface area contributed by atoms with E-state index in [4.69, 9.17) is 16.3 Å². The molecular formula is C29H42ClN5O4.